The number of carbonyl (C=O) groups is 1. The lowest BCUT2D eigenvalue weighted by molar-refractivity contribution is 0.0789. The van der Waals surface area contributed by atoms with E-state index >= 15 is 0 Å². The highest BCUT2D eigenvalue weighted by Gasteiger charge is 2.31. The number of amides is 1. The molecule has 1 amide bonds. The molecule has 4 rings (SSSR count). The molecule has 126 valence electrons. The minimum absolute atomic E-state index is 0.0515. The van der Waals surface area contributed by atoms with Gasteiger partial charge < -0.3 is 9.42 Å². The highest BCUT2D eigenvalue weighted by Crippen LogP contribution is 2.28. The van der Waals surface area contributed by atoms with Crippen LogP contribution in [0.3, 0.4) is 0 Å². The van der Waals surface area contributed by atoms with Crippen molar-refractivity contribution in [1.82, 2.24) is 20.0 Å². The summed E-state index contributed by atoms with van der Waals surface area (Å²) >= 11 is 0. The molecule has 6 heteroatoms. The number of nitrogens with zero attached hydrogens (tertiary/aromatic N) is 4. The summed E-state index contributed by atoms with van der Waals surface area (Å²) in [5.41, 5.74) is 2.49. The molecule has 25 heavy (non-hydrogen) atoms. The summed E-state index contributed by atoms with van der Waals surface area (Å²) in [4.78, 5) is 23.2. The molecular weight excluding hydrogens is 316 g/mol. The first-order chi connectivity index (χ1) is 12.2. The van der Waals surface area contributed by atoms with Gasteiger partial charge in [0.2, 0.25) is 11.7 Å². The Morgan fingerprint density at radius 2 is 2.16 bits per heavy atom. The molecule has 0 bridgehead atoms. The third-order valence-electron chi connectivity index (χ3n) is 4.43. The molecule has 0 radical (unpaired) electrons. The molecule has 2 aromatic heterocycles. The minimum Gasteiger partial charge on any atom is -0.339 e. The van der Waals surface area contributed by atoms with E-state index in [1.165, 1.54) is 0 Å². The standard InChI is InChI=1S/C19H18N4O2/c1-13-5-4-6-14(11-13)19(24)23-10-8-15(12-23)18-21-17(22-25-18)16-7-2-3-9-20-16/h2-7,9,11,15H,8,10,12H2,1H3/t15-/m1/s1. The number of hydrogen-bond acceptors (Lipinski definition) is 5. The van der Waals surface area contributed by atoms with Gasteiger partial charge in [-0.3, -0.25) is 9.78 Å². The van der Waals surface area contributed by atoms with Gasteiger partial charge in [0.05, 0.1) is 5.92 Å². The zero-order chi connectivity index (χ0) is 17.2. The highest BCUT2D eigenvalue weighted by atomic mass is 16.5. The van der Waals surface area contributed by atoms with Crippen molar-refractivity contribution in [2.45, 2.75) is 19.3 Å². The Morgan fingerprint density at radius 1 is 1.24 bits per heavy atom. The number of pyridine rings is 1. The second kappa shape index (κ2) is 6.47. The fourth-order valence-corrected chi connectivity index (χ4v) is 3.11. The summed E-state index contributed by atoms with van der Waals surface area (Å²) in [5, 5.41) is 4.02. The third kappa shape index (κ3) is 3.15. The van der Waals surface area contributed by atoms with Crippen molar-refractivity contribution in [3.05, 3.63) is 65.7 Å². The van der Waals surface area contributed by atoms with Crippen LogP contribution in [-0.2, 0) is 0 Å². The quantitative estimate of drug-likeness (QED) is 0.736. The topological polar surface area (TPSA) is 72.1 Å². The van der Waals surface area contributed by atoms with Gasteiger partial charge in [-0.1, -0.05) is 28.9 Å². The van der Waals surface area contributed by atoms with Crippen molar-refractivity contribution in [2.24, 2.45) is 0 Å². The summed E-state index contributed by atoms with van der Waals surface area (Å²) in [6, 6.07) is 13.2. The van der Waals surface area contributed by atoms with Crippen LogP contribution in [0.4, 0.5) is 0 Å². The van der Waals surface area contributed by atoms with E-state index < -0.39 is 0 Å². The van der Waals surface area contributed by atoms with Gasteiger partial charge >= 0.3 is 0 Å². The van der Waals surface area contributed by atoms with Crippen LogP contribution < -0.4 is 0 Å². The van der Waals surface area contributed by atoms with Crippen LogP contribution >= 0.6 is 0 Å². The number of aryl methyl sites for hydroxylation is 1. The van der Waals surface area contributed by atoms with Crippen LogP contribution in [0.2, 0.25) is 0 Å². The Balaban J connectivity index is 1.48. The largest absolute Gasteiger partial charge is 0.339 e. The molecule has 0 saturated carbocycles. The molecule has 1 aliphatic rings. The van der Waals surface area contributed by atoms with Gasteiger partial charge in [0, 0.05) is 24.8 Å². The van der Waals surface area contributed by atoms with E-state index in [9.17, 15) is 4.79 Å². The van der Waals surface area contributed by atoms with Gasteiger partial charge in [0.25, 0.3) is 5.91 Å². The summed E-state index contributed by atoms with van der Waals surface area (Å²) in [7, 11) is 0. The fraction of sp³-hybridized carbons (Fsp3) is 0.263. The number of benzene rings is 1. The summed E-state index contributed by atoms with van der Waals surface area (Å²) in [6.07, 6.45) is 2.52. The Bertz CT molecular complexity index is 891. The van der Waals surface area contributed by atoms with Gasteiger partial charge in [-0.15, -0.1) is 0 Å². The lowest BCUT2D eigenvalue weighted by Crippen LogP contribution is -2.28. The van der Waals surface area contributed by atoms with Crippen molar-refractivity contribution in [1.29, 1.82) is 0 Å². The molecule has 6 nitrogen and oxygen atoms in total. The van der Waals surface area contributed by atoms with Crippen LogP contribution in [0.5, 0.6) is 0 Å². The first-order valence-electron chi connectivity index (χ1n) is 8.31. The van der Waals surface area contributed by atoms with E-state index in [2.05, 4.69) is 15.1 Å². The number of carbonyl (C=O) groups excluding carboxylic acids is 1. The molecular formula is C19H18N4O2. The zero-order valence-electron chi connectivity index (χ0n) is 13.9. The van der Waals surface area contributed by atoms with Crippen LogP contribution in [0.15, 0.2) is 53.2 Å². The van der Waals surface area contributed by atoms with Crippen LogP contribution in [-0.4, -0.2) is 39.0 Å². The molecule has 1 saturated heterocycles. The SMILES string of the molecule is Cc1cccc(C(=O)N2CC[C@@H](c3nc(-c4ccccn4)no3)C2)c1. The Morgan fingerprint density at radius 3 is 2.96 bits per heavy atom. The van der Waals surface area contributed by atoms with E-state index in [1.54, 1.807) is 6.20 Å². The van der Waals surface area contributed by atoms with E-state index in [-0.39, 0.29) is 11.8 Å². The van der Waals surface area contributed by atoms with Gasteiger partial charge in [0.1, 0.15) is 5.69 Å². The van der Waals surface area contributed by atoms with Gasteiger partial charge in [-0.2, -0.15) is 4.98 Å². The molecule has 0 aliphatic carbocycles. The first kappa shape index (κ1) is 15.5. The van der Waals surface area contributed by atoms with Gasteiger partial charge in [-0.05, 0) is 37.6 Å². The summed E-state index contributed by atoms with van der Waals surface area (Å²) < 4.78 is 5.42. The molecule has 3 heterocycles. The molecule has 1 fully saturated rings. The van der Waals surface area contributed by atoms with E-state index in [1.807, 2.05) is 54.3 Å². The Hall–Kier alpha value is -3.02. The normalized spacial score (nSPS) is 17.0. The number of likely N-dealkylation sites (tertiary alicyclic amines) is 1. The number of hydrogen-bond donors (Lipinski definition) is 0. The van der Waals surface area contributed by atoms with Crippen molar-refractivity contribution in [2.75, 3.05) is 13.1 Å². The zero-order valence-corrected chi connectivity index (χ0v) is 13.9. The average Bonchev–Trinajstić information content (AvgIpc) is 3.31. The average molecular weight is 334 g/mol. The predicted octanol–water partition coefficient (Wildman–Crippen LogP) is 3.07. The molecule has 0 spiro atoms. The van der Waals surface area contributed by atoms with E-state index in [0.29, 0.717) is 30.5 Å². The smallest absolute Gasteiger partial charge is 0.253 e. The maximum Gasteiger partial charge on any atom is 0.253 e. The first-order valence-corrected chi connectivity index (χ1v) is 8.31. The van der Waals surface area contributed by atoms with E-state index in [4.69, 9.17) is 4.52 Å². The van der Waals surface area contributed by atoms with Crippen molar-refractivity contribution in [3.8, 4) is 11.5 Å². The fourth-order valence-electron chi connectivity index (χ4n) is 3.11. The molecule has 1 aromatic carbocycles. The van der Waals surface area contributed by atoms with Gasteiger partial charge in [0.15, 0.2) is 0 Å². The van der Waals surface area contributed by atoms with Crippen LogP contribution in [0.25, 0.3) is 11.5 Å². The number of aromatic nitrogens is 3. The molecule has 1 aliphatic heterocycles. The van der Waals surface area contributed by atoms with Crippen LogP contribution in [0.1, 0.15) is 34.2 Å². The van der Waals surface area contributed by atoms with Crippen molar-refractivity contribution >= 4 is 5.91 Å². The Labute approximate surface area is 145 Å². The molecule has 0 unspecified atom stereocenters. The lowest BCUT2D eigenvalue weighted by Gasteiger charge is -2.16. The van der Waals surface area contributed by atoms with Crippen molar-refractivity contribution in [3.63, 3.8) is 0 Å². The monoisotopic (exact) mass is 334 g/mol. The predicted molar refractivity (Wildman–Crippen MR) is 92.0 cm³/mol. The number of rotatable bonds is 3. The molecule has 0 N–H and O–H groups in total. The second-order valence-electron chi connectivity index (χ2n) is 6.28. The molecule has 1 atom stereocenters. The second-order valence-corrected chi connectivity index (χ2v) is 6.28. The van der Waals surface area contributed by atoms with Crippen molar-refractivity contribution < 1.29 is 9.32 Å². The van der Waals surface area contributed by atoms with Crippen LogP contribution in [0, 0.1) is 6.92 Å². The third-order valence-corrected chi connectivity index (χ3v) is 4.43. The van der Waals surface area contributed by atoms with E-state index in [0.717, 1.165) is 17.5 Å². The summed E-state index contributed by atoms with van der Waals surface area (Å²) in [5.74, 6) is 1.17. The van der Waals surface area contributed by atoms with Gasteiger partial charge in [-0.25, -0.2) is 0 Å². The summed E-state index contributed by atoms with van der Waals surface area (Å²) in [6.45, 7) is 3.27. The lowest BCUT2D eigenvalue weighted by atomic mass is 10.1. The maximum absolute atomic E-state index is 12.7. The Kier molecular flexibility index (Phi) is 4.01. The maximum atomic E-state index is 12.7. The molecule has 3 aromatic rings. The minimum atomic E-state index is 0.0515. The highest BCUT2D eigenvalue weighted by molar-refractivity contribution is 5.94.